The maximum absolute atomic E-state index is 12.9. The zero-order valence-corrected chi connectivity index (χ0v) is 16.6. The lowest BCUT2D eigenvalue weighted by atomic mass is 10.0. The van der Waals surface area contributed by atoms with Crippen LogP contribution in [0.15, 0.2) is 29.2 Å². The van der Waals surface area contributed by atoms with Crippen LogP contribution >= 0.6 is 12.4 Å². The number of nitrogens with one attached hydrogen (secondary N) is 1. The SMILES string of the molecule is Cl.NCC1CCCCN1C(=O)c1cccc(S(=O)(=O)N2CCNC(=O)C2)c1. The van der Waals surface area contributed by atoms with Crippen molar-refractivity contribution in [1.29, 1.82) is 0 Å². The molecule has 3 rings (SSSR count). The average molecular weight is 417 g/mol. The minimum absolute atomic E-state index is 0. The molecular formula is C17H25ClN4O4S. The van der Waals surface area contributed by atoms with Crippen LogP contribution in [0.5, 0.6) is 0 Å². The minimum Gasteiger partial charge on any atom is -0.354 e. The molecule has 0 bridgehead atoms. The summed E-state index contributed by atoms with van der Waals surface area (Å²) in [5, 5.41) is 2.60. The van der Waals surface area contributed by atoms with Crippen molar-refractivity contribution in [2.75, 3.05) is 32.7 Å². The van der Waals surface area contributed by atoms with Crippen LogP contribution in [0.1, 0.15) is 29.6 Å². The van der Waals surface area contributed by atoms with Gasteiger partial charge >= 0.3 is 0 Å². The summed E-state index contributed by atoms with van der Waals surface area (Å²) in [6.45, 7) is 1.31. The van der Waals surface area contributed by atoms with Crippen LogP contribution in [-0.2, 0) is 14.8 Å². The van der Waals surface area contributed by atoms with Crippen LogP contribution in [0.3, 0.4) is 0 Å². The van der Waals surface area contributed by atoms with E-state index >= 15 is 0 Å². The lowest BCUT2D eigenvalue weighted by Crippen LogP contribution is -2.49. The van der Waals surface area contributed by atoms with Crippen LogP contribution in [-0.4, -0.2) is 68.2 Å². The summed E-state index contributed by atoms with van der Waals surface area (Å²) in [6.07, 6.45) is 2.82. The van der Waals surface area contributed by atoms with E-state index in [1.807, 2.05) is 0 Å². The summed E-state index contributed by atoms with van der Waals surface area (Å²) in [5.41, 5.74) is 6.11. The number of nitrogens with zero attached hydrogens (tertiary/aromatic N) is 2. The Morgan fingerprint density at radius 3 is 2.74 bits per heavy atom. The number of carbonyl (C=O) groups is 2. The molecule has 27 heavy (non-hydrogen) atoms. The quantitative estimate of drug-likeness (QED) is 0.727. The molecule has 0 aromatic heterocycles. The van der Waals surface area contributed by atoms with Gasteiger partial charge in [0.2, 0.25) is 15.9 Å². The normalized spacial score (nSPS) is 21.3. The highest BCUT2D eigenvalue weighted by Crippen LogP contribution is 2.22. The Morgan fingerprint density at radius 1 is 1.26 bits per heavy atom. The predicted molar refractivity (Wildman–Crippen MR) is 103 cm³/mol. The van der Waals surface area contributed by atoms with E-state index in [4.69, 9.17) is 5.73 Å². The van der Waals surface area contributed by atoms with Crippen molar-refractivity contribution in [3.8, 4) is 0 Å². The second kappa shape index (κ2) is 9.01. The van der Waals surface area contributed by atoms with Gasteiger partial charge in [0.15, 0.2) is 0 Å². The van der Waals surface area contributed by atoms with Crippen LogP contribution in [0.4, 0.5) is 0 Å². The number of sulfonamides is 1. The van der Waals surface area contributed by atoms with Gasteiger partial charge in [-0.05, 0) is 37.5 Å². The number of hydrogen-bond donors (Lipinski definition) is 2. The van der Waals surface area contributed by atoms with E-state index in [0.29, 0.717) is 18.7 Å². The molecule has 1 aromatic carbocycles. The molecule has 0 radical (unpaired) electrons. The van der Waals surface area contributed by atoms with Crippen LogP contribution in [0.2, 0.25) is 0 Å². The molecule has 0 spiro atoms. The molecule has 0 aliphatic carbocycles. The standard InChI is InChI=1S/C17H24N4O4S.ClH/c18-11-14-5-1-2-8-21(14)17(23)13-4-3-6-15(10-13)26(24,25)20-9-7-19-16(22)12-20;/h3-4,6,10,14H,1-2,5,7-9,11-12,18H2,(H,19,22);1H. The number of hydrogen-bond acceptors (Lipinski definition) is 5. The van der Waals surface area contributed by atoms with E-state index in [0.717, 1.165) is 23.6 Å². The highest BCUT2D eigenvalue weighted by atomic mass is 35.5. The fourth-order valence-electron chi connectivity index (χ4n) is 3.44. The molecule has 2 heterocycles. The highest BCUT2D eigenvalue weighted by Gasteiger charge is 2.31. The Labute approximate surface area is 165 Å². The number of piperidine rings is 1. The molecule has 2 fully saturated rings. The third-order valence-electron chi connectivity index (χ3n) is 4.88. The Hall–Kier alpha value is -1.68. The molecule has 2 aliphatic heterocycles. The van der Waals surface area contributed by atoms with E-state index < -0.39 is 10.0 Å². The van der Waals surface area contributed by atoms with Gasteiger partial charge < -0.3 is 16.0 Å². The first-order chi connectivity index (χ1) is 12.4. The van der Waals surface area contributed by atoms with Crippen LogP contribution in [0, 0.1) is 0 Å². The molecule has 2 amide bonds. The zero-order valence-electron chi connectivity index (χ0n) is 15.0. The Morgan fingerprint density at radius 2 is 2.04 bits per heavy atom. The molecule has 3 N–H and O–H groups in total. The van der Waals surface area contributed by atoms with Gasteiger partial charge in [-0.25, -0.2) is 8.42 Å². The lowest BCUT2D eigenvalue weighted by molar-refractivity contribution is -0.122. The first kappa shape index (κ1) is 21.6. The average Bonchev–Trinajstić information content (AvgIpc) is 2.67. The monoisotopic (exact) mass is 416 g/mol. The smallest absolute Gasteiger partial charge is 0.254 e. The number of halogens is 1. The Kier molecular flexibility index (Phi) is 7.21. The molecular weight excluding hydrogens is 392 g/mol. The van der Waals surface area contributed by atoms with Gasteiger partial charge in [0.25, 0.3) is 5.91 Å². The van der Waals surface area contributed by atoms with E-state index in [9.17, 15) is 18.0 Å². The topological polar surface area (TPSA) is 113 Å². The molecule has 1 aromatic rings. The summed E-state index contributed by atoms with van der Waals surface area (Å²) < 4.78 is 26.7. The van der Waals surface area contributed by atoms with Crippen molar-refractivity contribution < 1.29 is 18.0 Å². The fraction of sp³-hybridized carbons (Fsp3) is 0.529. The number of likely N-dealkylation sites (tertiary alicyclic amines) is 1. The maximum Gasteiger partial charge on any atom is 0.254 e. The number of piperazine rings is 1. The summed E-state index contributed by atoms with van der Waals surface area (Å²) in [7, 11) is -3.82. The van der Waals surface area contributed by atoms with Gasteiger partial charge in [0.1, 0.15) is 0 Å². The first-order valence-corrected chi connectivity index (χ1v) is 10.3. The summed E-state index contributed by atoms with van der Waals surface area (Å²) in [6, 6.07) is 6.02. The van der Waals surface area contributed by atoms with E-state index in [1.165, 1.54) is 12.1 Å². The molecule has 8 nitrogen and oxygen atoms in total. The molecule has 1 unspecified atom stereocenters. The van der Waals surface area contributed by atoms with Crippen molar-refractivity contribution in [3.63, 3.8) is 0 Å². The lowest BCUT2D eigenvalue weighted by Gasteiger charge is -2.35. The van der Waals surface area contributed by atoms with Crippen molar-refractivity contribution in [2.24, 2.45) is 5.73 Å². The van der Waals surface area contributed by atoms with Crippen molar-refractivity contribution in [1.82, 2.24) is 14.5 Å². The first-order valence-electron chi connectivity index (χ1n) is 8.81. The summed E-state index contributed by atoms with van der Waals surface area (Å²) >= 11 is 0. The van der Waals surface area contributed by atoms with Crippen molar-refractivity contribution >= 4 is 34.2 Å². The largest absolute Gasteiger partial charge is 0.354 e. The minimum atomic E-state index is -3.82. The second-order valence-electron chi connectivity index (χ2n) is 6.60. The van der Waals surface area contributed by atoms with Crippen LogP contribution < -0.4 is 11.1 Å². The number of rotatable bonds is 4. The van der Waals surface area contributed by atoms with Crippen molar-refractivity contribution in [3.05, 3.63) is 29.8 Å². The summed E-state index contributed by atoms with van der Waals surface area (Å²) in [5.74, 6) is -0.528. The Bertz CT molecular complexity index is 802. The third kappa shape index (κ3) is 4.60. The molecule has 2 aliphatic rings. The molecule has 150 valence electrons. The number of benzene rings is 1. The molecule has 1 atom stereocenters. The van der Waals surface area contributed by atoms with Gasteiger partial charge in [-0.2, -0.15) is 4.31 Å². The number of carbonyl (C=O) groups excluding carboxylic acids is 2. The number of nitrogens with two attached hydrogens (primary N) is 1. The van der Waals surface area contributed by atoms with E-state index in [1.54, 1.807) is 17.0 Å². The van der Waals surface area contributed by atoms with Gasteiger partial charge in [-0.3, -0.25) is 9.59 Å². The summed E-state index contributed by atoms with van der Waals surface area (Å²) in [4.78, 5) is 26.2. The van der Waals surface area contributed by atoms with E-state index in [-0.39, 0.29) is 54.8 Å². The van der Waals surface area contributed by atoms with Gasteiger partial charge in [-0.15, -0.1) is 12.4 Å². The fourth-order valence-corrected chi connectivity index (χ4v) is 4.88. The second-order valence-corrected chi connectivity index (χ2v) is 8.54. The number of amides is 2. The molecule has 2 saturated heterocycles. The third-order valence-corrected chi connectivity index (χ3v) is 6.72. The van der Waals surface area contributed by atoms with Gasteiger partial charge in [-0.1, -0.05) is 6.07 Å². The zero-order chi connectivity index (χ0) is 18.7. The van der Waals surface area contributed by atoms with Crippen LogP contribution in [0.25, 0.3) is 0 Å². The Balaban J connectivity index is 0.00000261. The van der Waals surface area contributed by atoms with Crippen molar-refractivity contribution in [2.45, 2.75) is 30.2 Å². The molecule has 10 heteroatoms. The van der Waals surface area contributed by atoms with E-state index in [2.05, 4.69) is 5.32 Å². The predicted octanol–water partition coefficient (Wildman–Crippen LogP) is 0.182. The molecule has 0 saturated carbocycles. The van der Waals surface area contributed by atoms with Gasteiger partial charge in [0, 0.05) is 37.8 Å². The maximum atomic E-state index is 12.9. The highest BCUT2D eigenvalue weighted by molar-refractivity contribution is 7.89. The van der Waals surface area contributed by atoms with Gasteiger partial charge in [0.05, 0.1) is 11.4 Å².